The van der Waals surface area contributed by atoms with Crippen LogP contribution in [0, 0.1) is 0 Å². The van der Waals surface area contributed by atoms with Gasteiger partial charge in [0.25, 0.3) is 0 Å². The van der Waals surface area contributed by atoms with Gasteiger partial charge in [-0.3, -0.25) is 4.79 Å². The molecule has 0 bridgehead atoms. The van der Waals surface area contributed by atoms with Crippen molar-refractivity contribution in [1.29, 1.82) is 0 Å². The lowest BCUT2D eigenvalue weighted by Crippen LogP contribution is -2.37. The maximum absolute atomic E-state index is 10.8. The molecule has 0 rings (SSSR count). The molecule has 2 atom stereocenters. The molecule has 0 saturated heterocycles. The van der Waals surface area contributed by atoms with Gasteiger partial charge < -0.3 is 19.9 Å². The topological polar surface area (TPSA) is 70.8 Å². The van der Waals surface area contributed by atoms with Gasteiger partial charge >= 0.3 is 5.97 Å². The highest BCUT2D eigenvalue weighted by molar-refractivity contribution is 5.75. The van der Waals surface area contributed by atoms with Gasteiger partial charge in [0.15, 0.2) is 0 Å². The molecule has 0 spiro atoms. The van der Waals surface area contributed by atoms with E-state index >= 15 is 0 Å². The Morgan fingerprint density at radius 3 is 2.46 bits per heavy atom. The molecule has 2 N–H and O–H groups in total. The van der Waals surface area contributed by atoms with Gasteiger partial charge in [-0.25, -0.2) is 0 Å². The van der Waals surface area contributed by atoms with Crippen LogP contribution in [-0.4, -0.2) is 45.5 Å². The van der Waals surface area contributed by atoms with Crippen LogP contribution in [0.2, 0.25) is 0 Å². The first-order chi connectivity index (χ1) is 6.11. The van der Waals surface area contributed by atoms with Gasteiger partial charge in [0.2, 0.25) is 0 Å². The van der Waals surface area contributed by atoms with Crippen LogP contribution in [0.15, 0.2) is 0 Å². The molecule has 0 saturated carbocycles. The van der Waals surface area contributed by atoms with Crippen molar-refractivity contribution in [2.45, 2.75) is 19.1 Å². The lowest BCUT2D eigenvalue weighted by atomic mass is 10.3. The monoisotopic (exact) mass is 191 g/mol. The molecule has 0 aliphatic heterocycles. The third-order valence-corrected chi connectivity index (χ3v) is 1.47. The molecule has 0 aromatic rings. The van der Waals surface area contributed by atoms with Crippen molar-refractivity contribution in [3.8, 4) is 0 Å². The molecule has 0 aliphatic carbocycles. The summed E-state index contributed by atoms with van der Waals surface area (Å²) in [6.07, 6.45) is -0.0688. The van der Waals surface area contributed by atoms with E-state index in [0.29, 0.717) is 6.61 Å². The maximum Gasteiger partial charge on any atom is 0.325 e. The zero-order valence-corrected chi connectivity index (χ0v) is 8.28. The summed E-state index contributed by atoms with van der Waals surface area (Å²) in [5.41, 5.74) is 5.43. The molecule has 0 aliphatic rings. The molecule has 2 unspecified atom stereocenters. The third kappa shape index (κ3) is 5.57. The highest BCUT2D eigenvalue weighted by atomic mass is 16.5. The standard InChI is InChI=1S/C8H17NO4/c1-6(4-11-2)13-5-7(9)8(10)12-3/h6-7H,4-5,9H2,1-3H3. The van der Waals surface area contributed by atoms with E-state index in [1.54, 1.807) is 7.11 Å². The number of ether oxygens (including phenoxy) is 3. The molecule has 0 heterocycles. The molecular formula is C8H17NO4. The highest BCUT2D eigenvalue weighted by Crippen LogP contribution is 1.93. The van der Waals surface area contributed by atoms with E-state index in [0.717, 1.165) is 0 Å². The number of nitrogens with two attached hydrogens (primary N) is 1. The predicted molar refractivity (Wildman–Crippen MR) is 47.3 cm³/mol. The Kier molecular flexibility index (Phi) is 6.48. The van der Waals surface area contributed by atoms with Crippen molar-refractivity contribution < 1.29 is 19.0 Å². The number of methoxy groups -OCH3 is 2. The number of rotatable bonds is 6. The number of hydrogen-bond donors (Lipinski definition) is 1. The third-order valence-electron chi connectivity index (χ3n) is 1.47. The van der Waals surface area contributed by atoms with Crippen LogP contribution >= 0.6 is 0 Å². The molecule has 78 valence electrons. The van der Waals surface area contributed by atoms with E-state index in [1.165, 1.54) is 7.11 Å². The Morgan fingerprint density at radius 1 is 1.38 bits per heavy atom. The van der Waals surface area contributed by atoms with Gasteiger partial charge in [0.1, 0.15) is 6.04 Å². The van der Waals surface area contributed by atoms with Crippen molar-refractivity contribution in [3.63, 3.8) is 0 Å². The summed E-state index contributed by atoms with van der Waals surface area (Å²) in [4.78, 5) is 10.8. The Hall–Kier alpha value is -0.650. The largest absolute Gasteiger partial charge is 0.468 e. The average Bonchev–Trinajstić information content (AvgIpc) is 2.13. The molecule has 5 nitrogen and oxygen atoms in total. The van der Waals surface area contributed by atoms with Crippen LogP contribution in [0.5, 0.6) is 0 Å². The minimum Gasteiger partial charge on any atom is -0.468 e. The van der Waals surface area contributed by atoms with Gasteiger partial charge in [-0.2, -0.15) is 0 Å². The van der Waals surface area contributed by atoms with E-state index in [9.17, 15) is 4.79 Å². The van der Waals surface area contributed by atoms with E-state index in [4.69, 9.17) is 15.2 Å². The molecule has 0 fully saturated rings. The Labute approximate surface area is 78.1 Å². The zero-order chi connectivity index (χ0) is 10.3. The van der Waals surface area contributed by atoms with Crippen molar-refractivity contribution in [3.05, 3.63) is 0 Å². The predicted octanol–water partition coefficient (Wildman–Crippen LogP) is -0.462. The molecule has 13 heavy (non-hydrogen) atoms. The summed E-state index contributed by atoms with van der Waals surface area (Å²) in [5, 5.41) is 0. The first kappa shape index (κ1) is 12.3. The van der Waals surface area contributed by atoms with Gasteiger partial charge in [0.05, 0.1) is 26.4 Å². The minimum absolute atomic E-state index is 0.0688. The van der Waals surface area contributed by atoms with Crippen LogP contribution in [0.25, 0.3) is 0 Å². The Bertz CT molecular complexity index is 151. The Morgan fingerprint density at radius 2 is 2.00 bits per heavy atom. The van der Waals surface area contributed by atoms with Gasteiger partial charge in [-0.05, 0) is 6.92 Å². The van der Waals surface area contributed by atoms with Crippen molar-refractivity contribution >= 4 is 5.97 Å². The van der Waals surface area contributed by atoms with Crippen molar-refractivity contribution in [1.82, 2.24) is 0 Å². The first-order valence-electron chi connectivity index (χ1n) is 4.05. The van der Waals surface area contributed by atoms with Crippen LogP contribution in [0.3, 0.4) is 0 Å². The van der Waals surface area contributed by atoms with Crippen LogP contribution < -0.4 is 5.73 Å². The van der Waals surface area contributed by atoms with E-state index in [2.05, 4.69) is 4.74 Å². The van der Waals surface area contributed by atoms with Crippen LogP contribution in [0.4, 0.5) is 0 Å². The molecule has 0 aromatic heterocycles. The second-order valence-electron chi connectivity index (χ2n) is 2.73. The van der Waals surface area contributed by atoms with Crippen LogP contribution in [0.1, 0.15) is 6.92 Å². The molecule has 0 aromatic carbocycles. The summed E-state index contributed by atoms with van der Waals surface area (Å²) < 4.78 is 14.5. The number of esters is 1. The first-order valence-corrected chi connectivity index (χ1v) is 4.05. The lowest BCUT2D eigenvalue weighted by molar-refractivity contribution is -0.144. The summed E-state index contributed by atoms with van der Waals surface area (Å²) in [5.74, 6) is -0.468. The van der Waals surface area contributed by atoms with E-state index in [-0.39, 0.29) is 12.7 Å². The summed E-state index contributed by atoms with van der Waals surface area (Å²) in [6, 6.07) is -0.718. The quantitative estimate of drug-likeness (QED) is 0.575. The zero-order valence-electron chi connectivity index (χ0n) is 8.28. The van der Waals surface area contributed by atoms with E-state index < -0.39 is 12.0 Å². The van der Waals surface area contributed by atoms with Gasteiger partial charge in [-0.1, -0.05) is 0 Å². The fourth-order valence-corrected chi connectivity index (χ4v) is 0.770. The van der Waals surface area contributed by atoms with E-state index in [1.807, 2.05) is 6.92 Å². The molecule has 0 radical (unpaired) electrons. The smallest absolute Gasteiger partial charge is 0.325 e. The SMILES string of the molecule is COCC(C)OCC(N)C(=O)OC. The fraction of sp³-hybridized carbons (Fsp3) is 0.875. The summed E-state index contributed by atoms with van der Waals surface area (Å²) in [7, 11) is 2.88. The minimum atomic E-state index is -0.718. The maximum atomic E-state index is 10.8. The second kappa shape index (κ2) is 6.82. The van der Waals surface area contributed by atoms with Gasteiger partial charge in [-0.15, -0.1) is 0 Å². The molecule has 5 heteroatoms. The summed E-state index contributed by atoms with van der Waals surface area (Å²) in [6.45, 7) is 2.47. The normalized spacial score (nSPS) is 15.1. The number of hydrogen-bond acceptors (Lipinski definition) is 5. The van der Waals surface area contributed by atoms with Crippen LogP contribution in [-0.2, 0) is 19.0 Å². The second-order valence-corrected chi connectivity index (χ2v) is 2.73. The number of carbonyl (C=O) groups is 1. The van der Waals surface area contributed by atoms with Gasteiger partial charge in [0, 0.05) is 7.11 Å². The Balaban J connectivity index is 3.56. The molecule has 0 amide bonds. The van der Waals surface area contributed by atoms with Crippen molar-refractivity contribution in [2.24, 2.45) is 5.73 Å². The number of carbonyl (C=O) groups excluding carboxylic acids is 1. The summed E-state index contributed by atoms with van der Waals surface area (Å²) >= 11 is 0. The lowest BCUT2D eigenvalue weighted by Gasteiger charge is -2.14. The average molecular weight is 191 g/mol. The molecular weight excluding hydrogens is 174 g/mol. The fourth-order valence-electron chi connectivity index (χ4n) is 0.770. The highest BCUT2D eigenvalue weighted by Gasteiger charge is 2.14. The van der Waals surface area contributed by atoms with Crippen molar-refractivity contribution in [2.75, 3.05) is 27.4 Å².